The van der Waals surface area contributed by atoms with Crippen molar-refractivity contribution in [1.82, 2.24) is 9.97 Å². The second-order valence-electron chi connectivity index (χ2n) is 12.2. The highest BCUT2D eigenvalue weighted by atomic mass is 32.2. The van der Waals surface area contributed by atoms with Gasteiger partial charge in [-0.1, -0.05) is 98.8 Å². The zero-order valence-electron chi connectivity index (χ0n) is 29.0. The molecule has 4 heterocycles. The molecule has 1 unspecified atom stereocenters. The Bertz CT molecular complexity index is 2230. The molecule has 4 aromatic carbocycles. The van der Waals surface area contributed by atoms with Crippen LogP contribution in [0.15, 0.2) is 126 Å². The minimum absolute atomic E-state index is 0.0513. The van der Waals surface area contributed by atoms with Gasteiger partial charge in [-0.15, -0.1) is 11.3 Å². The van der Waals surface area contributed by atoms with Crippen LogP contribution in [0.5, 0.6) is 11.5 Å². The molecule has 1 atom stereocenters. The Morgan fingerprint density at radius 2 is 1.14 bits per heavy atom. The summed E-state index contributed by atoms with van der Waals surface area (Å²) in [5.74, 6) is 2.32. The van der Waals surface area contributed by atoms with E-state index in [1.54, 1.807) is 23.5 Å². The molecule has 0 fully saturated rings. The first-order valence-corrected chi connectivity index (χ1v) is 19.1. The Balaban J connectivity index is 0.000000150. The number of nitrogens with zero attached hydrogens (tertiary/aromatic N) is 2. The van der Waals surface area contributed by atoms with Crippen molar-refractivity contribution in [2.24, 2.45) is 0 Å². The Morgan fingerprint density at radius 1 is 0.686 bits per heavy atom. The normalized spacial score (nSPS) is 12.7. The quantitative estimate of drug-likeness (QED) is 0.140. The molecule has 9 heteroatoms. The van der Waals surface area contributed by atoms with Crippen LogP contribution in [0.3, 0.4) is 0 Å². The molecule has 260 valence electrons. The fourth-order valence-corrected chi connectivity index (χ4v) is 7.46. The van der Waals surface area contributed by atoms with Crippen LogP contribution < -0.4 is 9.47 Å². The molecule has 3 aromatic heterocycles. The molecule has 0 saturated heterocycles. The van der Waals surface area contributed by atoms with Crippen molar-refractivity contribution in [2.45, 2.75) is 44.9 Å². The molecule has 0 aliphatic carbocycles. The summed E-state index contributed by atoms with van der Waals surface area (Å²) < 4.78 is 41.1. The largest absolute Gasteiger partial charge is 0.485 e. The van der Waals surface area contributed by atoms with Crippen LogP contribution in [0.4, 0.5) is 0 Å². The average molecular weight is 717 g/mol. The Labute approximate surface area is 303 Å². The molecule has 7 aromatic rings. The van der Waals surface area contributed by atoms with Gasteiger partial charge < -0.3 is 9.47 Å². The SMILES string of the molecule is CCC(C)c1ccc(S(=O)(=O)O)cc1.Cc1sc(C)c2c1OCCO2.c1ccc(-c2ccnc3c2ccc2c(-c4ccccc4)ccnc23)cc1. The fraction of sp³-hybridized carbons (Fsp3) is 0.190. The third kappa shape index (κ3) is 8.12. The molecule has 1 aliphatic heterocycles. The van der Waals surface area contributed by atoms with Gasteiger partial charge in [0.1, 0.15) is 13.2 Å². The summed E-state index contributed by atoms with van der Waals surface area (Å²) in [7, 11) is -4.05. The number of rotatable bonds is 5. The van der Waals surface area contributed by atoms with Gasteiger partial charge in [0, 0.05) is 32.9 Å². The predicted molar refractivity (Wildman–Crippen MR) is 208 cm³/mol. The van der Waals surface area contributed by atoms with E-state index in [1.165, 1.54) is 44.1 Å². The molecular weight excluding hydrogens is 677 g/mol. The van der Waals surface area contributed by atoms with Crippen molar-refractivity contribution in [3.05, 3.63) is 137 Å². The Kier molecular flexibility index (Phi) is 11.1. The second kappa shape index (κ2) is 15.9. The second-order valence-corrected chi connectivity index (χ2v) is 15.1. The van der Waals surface area contributed by atoms with Crippen molar-refractivity contribution in [3.8, 4) is 33.8 Å². The van der Waals surface area contributed by atoms with Crippen LogP contribution in [-0.4, -0.2) is 36.2 Å². The number of fused-ring (bicyclic) bond motifs is 4. The lowest BCUT2D eigenvalue weighted by atomic mass is 9.97. The summed E-state index contributed by atoms with van der Waals surface area (Å²) in [5, 5.41) is 2.26. The summed E-state index contributed by atoms with van der Waals surface area (Å²) in [6.07, 6.45) is 4.76. The summed E-state index contributed by atoms with van der Waals surface area (Å²) in [5.41, 5.74) is 7.73. The van der Waals surface area contributed by atoms with Crippen LogP contribution in [0, 0.1) is 13.8 Å². The van der Waals surface area contributed by atoms with E-state index in [0.717, 1.165) is 45.3 Å². The molecule has 7 nitrogen and oxygen atoms in total. The molecule has 0 saturated carbocycles. The lowest BCUT2D eigenvalue weighted by molar-refractivity contribution is 0.171. The van der Waals surface area contributed by atoms with Crippen LogP contribution in [-0.2, 0) is 10.1 Å². The number of aryl methyl sites for hydroxylation is 2. The molecular formula is C42H40N2O5S2. The van der Waals surface area contributed by atoms with E-state index in [4.69, 9.17) is 14.0 Å². The molecule has 1 aliphatic rings. The lowest BCUT2D eigenvalue weighted by Crippen LogP contribution is -2.14. The van der Waals surface area contributed by atoms with E-state index in [0.29, 0.717) is 19.1 Å². The number of pyridine rings is 2. The zero-order chi connectivity index (χ0) is 36.0. The molecule has 8 rings (SSSR count). The van der Waals surface area contributed by atoms with Crippen LogP contribution >= 0.6 is 11.3 Å². The summed E-state index contributed by atoms with van der Waals surface area (Å²) in [4.78, 5) is 11.7. The number of hydrogen-bond donors (Lipinski definition) is 1. The third-order valence-corrected chi connectivity index (χ3v) is 10.7. The van der Waals surface area contributed by atoms with Crippen molar-refractivity contribution in [1.29, 1.82) is 0 Å². The van der Waals surface area contributed by atoms with Crippen LogP contribution in [0.1, 0.15) is 41.5 Å². The molecule has 0 spiro atoms. The topological polar surface area (TPSA) is 98.6 Å². The van der Waals surface area contributed by atoms with Gasteiger partial charge in [0.25, 0.3) is 10.1 Å². The zero-order valence-corrected chi connectivity index (χ0v) is 30.7. The Morgan fingerprint density at radius 3 is 1.55 bits per heavy atom. The molecule has 1 N–H and O–H groups in total. The summed E-state index contributed by atoms with van der Waals surface area (Å²) in [6, 6.07) is 35.7. The van der Waals surface area contributed by atoms with Gasteiger partial charge >= 0.3 is 0 Å². The predicted octanol–water partition coefficient (Wildman–Crippen LogP) is 10.7. The number of hydrogen-bond acceptors (Lipinski definition) is 7. The fourth-order valence-electron chi connectivity index (χ4n) is 6.03. The highest BCUT2D eigenvalue weighted by Crippen LogP contribution is 2.42. The highest BCUT2D eigenvalue weighted by molar-refractivity contribution is 7.85. The minimum Gasteiger partial charge on any atom is -0.485 e. The van der Waals surface area contributed by atoms with E-state index in [1.807, 2.05) is 24.5 Å². The first kappa shape index (κ1) is 35.7. The first-order valence-electron chi connectivity index (χ1n) is 16.9. The number of ether oxygens (including phenoxy) is 2. The van der Waals surface area contributed by atoms with E-state index in [-0.39, 0.29) is 4.90 Å². The van der Waals surface area contributed by atoms with Gasteiger partial charge in [0.2, 0.25) is 0 Å². The lowest BCUT2D eigenvalue weighted by Gasteiger charge is -2.15. The maximum Gasteiger partial charge on any atom is 0.294 e. The molecule has 0 bridgehead atoms. The smallest absolute Gasteiger partial charge is 0.294 e. The number of benzene rings is 4. The van der Waals surface area contributed by atoms with Gasteiger partial charge in [0.15, 0.2) is 11.5 Å². The average Bonchev–Trinajstić information content (AvgIpc) is 3.47. The maximum absolute atomic E-state index is 10.7. The maximum atomic E-state index is 10.7. The standard InChI is InChI=1S/C24H16N2.C10H14O3S.C8H10O2S/c1-3-7-17(8-4-1)19-13-15-25-23-21(19)11-12-22-20(14-16-26-24(22)23)18-9-5-2-6-10-18;1-3-8(2)9-4-6-10(7-5-9)14(11,12)13;1-5-7-8(6(2)11-5)10-4-3-9-7/h1-16H;4-8H,3H2,1-2H3,(H,11,12,13);3-4H2,1-2H3. The van der Waals surface area contributed by atoms with Crippen molar-refractivity contribution < 1.29 is 22.4 Å². The van der Waals surface area contributed by atoms with Gasteiger partial charge in [0.05, 0.1) is 15.9 Å². The summed E-state index contributed by atoms with van der Waals surface area (Å²) >= 11 is 1.74. The van der Waals surface area contributed by atoms with E-state index < -0.39 is 10.1 Å². The monoisotopic (exact) mass is 716 g/mol. The molecule has 0 amide bonds. The van der Waals surface area contributed by atoms with E-state index in [2.05, 4.69) is 110 Å². The van der Waals surface area contributed by atoms with Crippen molar-refractivity contribution >= 4 is 43.3 Å². The number of aromatic nitrogens is 2. The van der Waals surface area contributed by atoms with Gasteiger partial charge in [-0.3, -0.25) is 14.5 Å². The molecule has 0 radical (unpaired) electrons. The molecule has 51 heavy (non-hydrogen) atoms. The van der Waals surface area contributed by atoms with E-state index >= 15 is 0 Å². The van der Waals surface area contributed by atoms with Crippen molar-refractivity contribution in [2.75, 3.05) is 13.2 Å². The minimum atomic E-state index is -4.05. The first-order chi connectivity index (χ1) is 24.7. The van der Waals surface area contributed by atoms with E-state index in [9.17, 15) is 8.42 Å². The highest BCUT2D eigenvalue weighted by Gasteiger charge is 2.19. The van der Waals surface area contributed by atoms with Gasteiger partial charge in [-0.25, -0.2) is 0 Å². The Hall–Kier alpha value is -5.09. The van der Waals surface area contributed by atoms with Crippen LogP contribution in [0.25, 0.3) is 44.1 Å². The summed E-state index contributed by atoms with van der Waals surface area (Å²) in [6.45, 7) is 9.63. The van der Waals surface area contributed by atoms with Gasteiger partial charge in [-0.05, 0) is 78.3 Å². The van der Waals surface area contributed by atoms with Crippen molar-refractivity contribution in [3.63, 3.8) is 0 Å². The third-order valence-electron chi connectivity index (χ3n) is 8.88. The number of thiophene rings is 1. The van der Waals surface area contributed by atoms with Crippen LogP contribution in [0.2, 0.25) is 0 Å². The van der Waals surface area contributed by atoms with Gasteiger partial charge in [-0.2, -0.15) is 8.42 Å².